The molecule has 0 aromatic carbocycles. The molecule has 3 rings (SSSR count). The van der Waals surface area contributed by atoms with Crippen molar-refractivity contribution in [3.63, 3.8) is 0 Å². The quantitative estimate of drug-likeness (QED) is 0.730. The van der Waals surface area contributed by atoms with Gasteiger partial charge in [0.25, 0.3) is 0 Å². The zero-order valence-corrected chi connectivity index (χ0v) is 12.5. The van der Waals surface area contributed by atoms with Crippen LogP contribution < -0.4 is 0 Å². The molecule has 21 heavy (non-hydrogen) atoms. The second-order valence-corrected chi connectivity index (χ2v) is 6.44. The molecule has 0 N–H and O–H groups in total. The second-order valence-electron chi connectivity index (χ2n) is 6.44. The fraction of sp³-hybridized carbons (Fsp3) is 0.812. The average molecular weight is 289 g/mol. The van der Waals surface area contributed by atoms with E-state index in [9.17, 15) is 4.79 Å². The summed E-state index contributed by atoms with van der Waals surface area (Å²) in [5.74, 6) is 2.83. The first-order valence-electron chi connectivity index (χ1n) is 7.96. The van der Waals surface area contributed by atoms with Crippen LogP contribution in [-0.2, 0) is 9.53 Å². The van der Waals surface area contributed by atoms with Gasteiger partial charge < -0.3 is 9.64 Å². The average Bonchev–Trinajstić information content (AvgIpc) is 3.15. The third kappa shape index (κ3) is 3.26. The van der Waals surface area contributed by atoms with Crippen molar-refractivity contribution in [1.29, 1.82) is 0 Å². The molecule has 0 aromatic heterocycles. The van der Waals surface area contributed by atoms with Gasteiger partial charge in [0.15, 0.2) is 5.66 Å². The highest BCUT2D eigenvalue weighted by atomic mass is 16.5. The number of amides is 1. The lowest BCUT2D eigenvalue weighted by Gasteiger charge is -2.40. The third-order valence-corrected chi connectivity index (χ3v) is 4.91. The summed E-state index contributed by atoms with van der Waals surface area (Å²) in [6.07, 6.45) is 12.5. The summed E-state index contributed by atoms with van der Waals surface area (Å²) in [6.45, 7) is 2.15. The Labute approximate surface area is 126 Å². The lowest BCUT2D eigenvalue weighted by Crippen LogP contribution is -2.52. The fourth-order valence-corrected chi connectivity index (χ4v) is 3.51. The van der Waals surface area contributed by atoms with Crippen LogP contribution in [-0.4, -0.2) is 41.8 Å². The van der Waals surface area contributed by atoms with E-state index in [1.54, 1.807) is 0 Å². The molecule has 3 aliphatic rings. The summed E-state index contributed by atoms with van der Waals surface area (Å²) >= 11 is 0. The van der Waals surface area contributed by atoms with Crippen molar-refractivity contribution >= 4 is 5.91 Å². The molecule has 2 fully saturated rings. The Kier molecular flexibility index (Phi) is 3.99. The molecule has 114 valence electrons. The van der Waals surface area contributed by atoms with Crippen LogP contribution >= 0.6 is 0 Å². The van der Waals surface area contributed by atoms with Crippen molar-refractivity contribution in [1.82, 2.24) is 4.90 Å². The summed E-state index contributed by atoms with van der Waals surface area (Å²) in [7, 11) is 0. The molecule has 0 atom stereocenters. The maximum Gasteiger partial charge on any atom is 0.222 e. The predicted octanol–water partition coefficient (Wildman–Crippen LogP) is 2.51. The zero-order valence-electron chi connectivity index (χ0n) is 12.5. The molecule has 2 aliphatic heterocycles. The van der Waals surface area contributed by atoms with E-state index in [0.29, 0.717) is 32.4 Å². The van der Waals surface area contributed by atoms with Gasteiger partial charge in [-0.25, -0.2) is 0 Å². The predicted molar refractivity (Wildman–Crippen MR) is 78.6 cm³/mol. The largest absolute Gasteiger partial charge is 0.371 e. The standard InChI is InChI=1S/C16H23N3O2/c1-2-3-9-16(17-18-16)10-6-14(20)19-11-12-21-15(13-19)7-4-5-8-15/h1H,3-13H2. The van der Waals surface area contributed by atoms with Gasteiger partial charge in [0.05, 0.1) is 12.2 Å². The fourth-order valence-electron chi connectivity index (χ4n) is 3.51. The van der Waals surface area contributed by atoms with Crippen molar-refractivity contribution in [3.8, 4) is 12.3 Å². The molecule has 5 nitrogen and oxygen atoms in total. The van der Waals surface area contributed by atoms with E-state index in [1.807, 2.05) is 4.90 Å². The minimum absolute atomic E-state index is 0.0522. The third-order valence-electron chi connectivity index (χ3n) is 4.91. The van der Waals surface area contributed by atoms with Crippen molar-refractivity contribution in [2.75, 3.05) is 19.7 Å². The van der Waals surface area contributed by atoms with Crippen LogP contribution in [0, 0.1) is 12.3 Å². The van der Waals surface area contributed by atoms with Gasteiger partial charge in [0, 0.05) is 38.8 Å². The SMILES string of the molecule is C#CCCC1(CCC(=O)N2CCOC3(CCCC3)C2)N=N1. The van der Waals surface area contributed by atoms with Gasteiger partial charge in [-0.1, -0.05) is 12.8 Å². The van der Waals surface area contributed by atoms with Crippen LogP contribution in [0.1, 0.15) is 51.4 Å². The molecule has 1 saturated carbocycles. The Morgan fingerprint density at radius 1 is 1.29 bits per heavy atom. The molecule has 0 radical (unpaired) electrons. The maximum absolute atomic E-state index is 12.4. The van der Waals surface area contributed by atoms with Crippen molar-refractivity contribution in [3.05, 3.63) is 0 Å². The summed E-state index contributed by atoms with van der Waals surface area (Å²) in [5, 5.41) is 8.19. The van der Waals surface area contributed by atoms with Crippen molar-refractivity contribution < 1.29 is 9.53 Å². The summed E-state index contributed by atoms with van der Waals surface area (Å²) in [5.41, 5.74) is -0.400. The molecule has 1 spiro atoms. The number of rotatable bonds is 5. The molecule has 0 unspecified atom stereocenters. The summed E-state index contributed by atoms with van der Waals surface area (Å²) in [4.78, 5) is 14.4. The first kappa shape index (κ1) is 14.5. The van der Waals surface area contributed by atoms with Gasteiger partial charge in [0.1, 0.15) is 0 Å². The lowest BCUT2D eigenvalue weighted by molar-refractivity contribution is -0.150. The molecule has 0 bridgehead atoms. The molecule has 1 amide bonds. The van der Waals surface area contributed by atoms with Crippen LogP contribution in [0.4, 0.5) is 0 Å². The smallest absolute Gasteiger partial charge is 0.222 e. The maximum atomic E-state index is 12.4. The monoisotopic (exact) mass is 289 g/mol. The van der Waals surface area contributed by atoms with E-state index in [-0.39, 0.29) is 17.2 Å². The second kappa shape index (κ2) is 5.76. The van der Waals surface area contributed by atoms with Gasteiger partial charge in [-0.2, -0.15) is 10.2 Å². The Hall–Kier alpha value is -1.41. The number of terminal acetylenes is 1. The van der Waals surface area contributed by atoms with Gasteiger partial charge >= 0.3 is 0 Å². The number of hydrogen-bond donors (Lipinski definition) is 0. The first-order valence-corrected chi connectivity index (χ1v) is 7.96. The topological polar surface area (TPSA) is 54.3 Å². The van der Waals surface area contributed by atoms with Crippen molar-refractivity contribution in [2.45, 2.75) is 62.6 Å². The minimum atomic E-state index is -0.348. The molecule has 1 aliphatic carbocycles. The van der Waals surface area contributed by atoms with E-state index < -0.39 is 0 Å². The Bertz CT molecular complexity index is 468. The molecule has 0 aromatic rings. The highest BCUT2D eigenvalue weighted by Gasteiger charge is 2.42. The van der Waals surface area contributed by atoms with E-state index in [4.69, 9.17) is 11.2 Å². The van der Waals surface area contributed by atoms with E-state index >= 15 is 0 Å². The Morgan fingerprint density at radius 3 is 2.71 bits per heavy atom. The van der Waals surface area contributed by atoms with E-state index in [0.717, 1.165) is 25.8 Å². The van der Waals surface area contributed by atoms with Gasteiger partial charge in [0.2, 0.25) is 5.91 Å². The Morgan fingerprint density at radius 2 is 2.05 bits per heavy atom. The highest BCUT2D eigenvalue weighted by molar-refractivity contribution is 5.76. The van der Waals surface area contributed by atoms with Crippen LogP contribution in [0.2, 0.25) is 0 Å². The van der Waals surface area contributed by atoms with Crippen LogP contribution in [0.5, 0.6) is 0 Å². The van der Waals surface area contributed by atoms with Crippen LogP contribution in [0.15, 0.2) is 10.2 Å². The number of hydrogen-bond acceptors (Lipinski definition) is 4. The van der Waals surface area contributed by atoms with Gasteiger partial charge in [-0.3, -0.25) is 4.79 Å². The number of carbonyl (C=O) groups is 1. The van der Waals surface area contributed by atoms with E-state index in [2.05, 4.69) is 16.1 Å². The van der Waals surface area contributed by atoms with Gasteiger partial charge in [-0.15, -0.1) is 12.3 Å². The zero-order chi connectivity index (χ0) is 14.8. The van der Waals surface area contributed by atoms with E-state index in [1.165, 1.54) is 12.8 Å². The summed E-state index contributed by atoms with van der Waals surface area (Å²) in [6, 6.07) is 0. The number of morpholine rings is 1. The minimum Gasteiger partial charge on any atom is -0.371 e. The first-order chi connectivity index (χ1) is 10.2. The van der Waals surface area contributed by atoms with Crippen LogP contribution in [0.25, 0.3) is 0 Å². The highest BCUT2D eigenvalue weighted by Crippen LogP contribution is 2.39. The normalized spacial score (nSPS) is 25.0. The molecular weight excluding hydrogens is 266 g/mol. The lowest BCUT2D eigenvalue weighted by atomic mass is 9.98. The molecular formula is C16H23N3O2. The number of nitrogens with zero attached hydrogens (tertiary/aromatic N) is 3. The van der Waals surface area contributed by atoms with Crippen LogP contribution in [0.3, 0.4) is 0 Å². The van der Waals surface area contributed by atoms with Gasteiger partial charge in [-0.05, 0) is 12.8 Å². The number of carbonyl (C=O) groups excluding carboxylic acids is 1. The van der Waals surface area contributed by atoms with Crippen molar-refractivity contribution in [2.24, 2.45) is 10.2 Å². The summed E-state index contributed by atoms with van der Waals surface area (Å²) < 4.78 is 5.96. The Balaban J connectivity index is 1.48. The molecule has 2 heterocycles. The molecule has 5 heteroatoms. The molecule has 1 saturated heterocycles. The number of ether oxygens (including phenoxy) is 1.